The summed E-state index contributed by atoms with van der Waals surface area (Å²) in [5.41, 5.74) is 1.61. The van der Waals surface area contributed by atoms with Crippen LogP contribution in [-0.4, -0.2) is 61.3 Å². The molecule has 1 saturated heterocycles. The van der Waals surface area contributed by atoms with Crippen LogP contribution < -0.4 is 9.64 Å². The van der Waals surface area contributed by atoms with Crippen LogP contribution in [0.2, 0.25) is 18.6 Å². The van der Waals surface area contributed by atoms with Gasteiger partial charge >= 0.3 is 0 Å². The molecule has 1 fully saturated rings. The molecule has 2 heterocycles. The Bertz CT molecular complexity index is 1410. The first-order valence-corrected chi connectivity index (χ1v) is 17.5. The standard InChI is InChI=1S/C33H40N2O6Si/c1-23-31(42(3,4)39)29(20-30(37)34(17-18-36)21-24-11-7-5-8-12-24)41-33(23)27-19-26(40-2)15-16-28(27)35(32(33)38)22-25-13-9-6-10-14-25/h5-16,19,23,29,31,36,39H,17-18,20-22H2,1-4H3/t23-,29+,31-,33+/m0/s1. The number of nitrogens with zero attached hydrogens (tertiary/aromatic N) is 2. The van der Waals surface area contributed by atoms with Gasteiger partial charge in [0.25, 0.3) is 5.91 Å². The highest BCUT2D eigenvalue weighted by Gasteiger charge is 2.66. The van der Waals surface area contributed by atoms with Crippen LogP contribution in [0.15, 0.2) is 78.9 Å². The molecule has 1 spiro atoms. The molecule has 8 nitrogen and oxygen atoms in total. The summed E-state index contributed by atoms with van der Waals surface area (Å²) in [4.78, 5) is 43.3. The van der Waals surface area contributed by atoms with Gasteiger partial charge in [0.1, 0.15) is 5.75 Å². The monoisotopic (exact) mass is 588 g/mol. The van der Waals surface area contributed by atoms with Crippen LogP contribution in [0.25, 0.3) is 0 Å². The van der Waals surface area contributed by atoms with Gasteiger partial charge in [-0.3, -0.25) is 9.59 Å². The zero-order chi connectivity index (χ0) is 30.1. The van der Waals surface area contributed by atoms with E-state index in [1.165, 1.54) is 0 Å². The molecule has 42 heavy (non-hydrogen) atoms. The highest BCUT2D eigenvalue weighted by molar-refractivity contribution is 6.71. The Morgan fingerprint density at radius 3 is 2.29 bits per heavy atom. The minimum Gasteiger partial charge on any atom is -0.497 e. The Morgan fingerprint density at radius 2 is 1.69 bits per heavy atom. The molecule has 9 heteroatoms. The maximum Gasteiger partial charge on any atom is 0.264 e. The number of carbonyl (C=O) groups is 2. The van der Waals surface area contributed by atoms with E-state index in [0.717, 1.165) is 16.8 Å². The number of carbonyl (C=O) groups excluding carboxylic acids is 2. The van der Waals surface area contributed by atoms with E-state index >= 15 is 0 Å². The maximum absolute atomic E-state index is 14.5. The van der Waals surface area contributed by atoms with Crippen LogP contribution in [0.5, 0.6) is 5.75 Å². The van der Waals surface area contributed by atoms with Crippen LogP contribution in [0.1, 0.15) is 30.0 Å². The first kappa shape index (κ1) is 30.0. The average Bonchev–Trinajstić information content (AvgIpc) is 3.40. The molecule has 222 valence electrons. The van der Waals surface area contributed by atoms with Crippen molar-refractivity contribution < 1.29 is 29.0 Å². The lowest BCUT2D eigenvalue weighted by molar-refractivity contribution is -0.150. The van der Waals surface area contributed by atoms with Crippen molar-refractivity contribution in [2.75, 3.05) is 25.2 Å². The Labute approximate surface area is 248 Å². The number of rotatable bonds is 10. The summed E-state index contributed by atoms with van der Waals surface area (Å²) in [6.45, 7) is 6.37. The van der Waals surface area contributed by atoms with Gasteiger partial charge in [-0.2, -0.15) is 0 Å². The van der Waals surface area contributed by atoms with Crippen LogP contribution in [0.4, 0.5) is 5.69 Å². The van der Waals surface area contributed by atoms with E-state index in [1.54, 1.807) is 16.9 Å². The van der Waals surface area contributed by atoms with Crippen molar-refractivity contribution in [1.82, 2.24) is 4.90 Å². The third kappa shape index (κ3) is 5.49. The van der Waals surface area contributed by atoms with Gasteiger partial charge in [-0.1, -0.05) is 67.6 Å². The van der Waals surface area contributed by atoms with Crippen LogP contribution in [-0.2, 0) is 33.0 Å². The lowest BCUT2D eigenvalue weighted by Crippen LogP contribution is -2.46. The topological polar surface area (TPSA) is 99.5 Å². The second kappa shape index (κ2) is 12.0. The molecule has 2 aliphatic heterocycles. The maximum atomic E-state index is 14.5. The summed E-state index contributed by atoms with van der Waals surface area (Å²) in [5, 5.41) is 9.74. The van der Waals surface area contributed by atoms with Gasteiger partial charge in [-0.05, 0) is 42.4 Å². The predicted molar refractivity (Wildman–Crippen MR) is 163 cm³/mol. The first-order valence-electron chi connectivity index (χ1n) is 14.5. The van der Waals surface area contributed by atoms with Gasteiger partial charge in [0, 0.05) is 30.1 Å². The van der Waals surface area contributed by atoms with Crippen LogP contribution in [0.3, 0.4) is 0 Å². The van der Waals surface area contributed by atoms with E-state index in [4.69, 9.17) is 9.47 Å². The Kier molecular flexibility index (Phi) is 8.57. The highest BCUT2D eigenvalue weighted by Crippen LogP contribution is 2.60. The number of fused-ring (bicyclic) bond motifs is 2. The van der Waals surface area contributed by atoms with Gasteiger partial charge in [-0.15, -0.1) is 0 Å². The van der Waals surface area contributed by atoms with Crippen molar-refractivity contribution in [1.29, 1.82) is 0 Å². The van der Waals surface area contributed by atoms with Gasteiger partial charge in [0.2, 0.25) is 5.91 Å². The molecular weight excluding hydrogens is 548 g/mol. The van der Waals surface area contributed by atoms with Crippen molar-refractivity contribution in [3.63, 3.8) is 0 Å². The van der Waals surface area contributed by atoms with Crippen molar-refractivity contribution in [2.24, 2.45) is 5.92 Å². The van der Waals surface area contributed by atoms with Gasteiger partial charge in [-0.25, -0.2) is 0 Å². The molecule has 0 unspecified atom stereocenters. The summed E-state index contributed by atoms with van der Waals surface area (Å²) in [6, 6.07) is 25.0. The quantitative estimate of drug-likeness (QED) is 0.340. The molecular formula is C33H40N2O6Si. The number of aliphatic hydroxyl groups is 1. The molecule has 2 amide bonds. The van der Waals surface area contributed by atoms with Crippen molar-refractivity contribution >= 4 is 25.8 Å². The van der Waals surface area contributed by atoms with Crippen molar-refractivity contribution in [2.45, 2.75) is 56.8 Å². The number of benzene rings is 3. The minimum atomic E-state index is -2.95. The molecule has 4 atom stereocenters. The first-order chi connectivity index (χ1) is 20.1. The molecule has 0 radical (unpaired) electrons. The zero-order valence-electron chi connectivity index (χ0n) is 24.7. The van der Waals surface area contributed by atoms with E-state index in [1.807, 2.05) is 98.9 Å². The van der Waals surface area contributed by atoms with Crippen molar-refractivity contribution in [3.8, 4) is 5.75 Å². The Hall–Kier alpha value is -3.50. The summed E-state index contributed by atoms with van der Waals surface area (Å²) >= 11 is 0. The molecule has 3 aromatic rings. The summed E-state index contributed by atoms with van der Waals surface area (Å²) in [6.07, 6.45) is -0.693. The Balaban J connectivity index is 1.52. The zero-order valence-corrected chi connectivity index (χ0v) is 25.7. The van der Waals surface area contributed by atoms with E-state index in [0.29, 0.717) is 24.4 Å². The molecule has 2 N–H and O–H groups in total. The molecule has 5 rings (SSSR count). The van der Waals surface area contributed by atoms with Crippen LogP contribution >= 0.6 is 0 Å². The van der Waals surface area contributed by atoms with Gasteiger partial charge in [0.05, 0.1) is 38.5 Å². The summed E-state index contributed by atoms with van der Waals surface area (Å²) in [7, 11) is -1.37. The molecule has 0 aromatic heterocycles. The number of anilines is 1. The number of aliphatic hydroxyl groups excluding tert-OH is 1. The smallest absolute Gasteiger partial charge is 0.264 e. The van der Waals surface area contributed by atoms with Gasteiger partial charge in [0.15, 0.2) is 13.9 Å². The van der Waals surface area contributed by atoms with Crippen LogP contribution in [0, 0.1) is 5.92 Å². The number of methoxy groups -OCH3 is 1. The van der Waals surface area contributed by atoms with Crippen molar-refractivity contribution in [3.05, 3.63) is 95.6 Å². The van der Waals surface area contributed by atoms with E-state index in [9.17, 15) is 19.5 Å². The van der Waals surface area contributed by atoms with E-state index in [-0.39, 0.29) is 31.4 Å². The molecule has 3 aromatic carbocycles. The summed E-state index contributed by atoms with van der Waals surface area (Å²) < 4.78 is 12.4. The lowest BCUT2D eigenvalue weighted by Gasteiger charge is -2.32. The average molecular weight is 589 g/mol. The highest BCUT2D eigenvalue weighted by atomic mass is 28.4. The minimum absolute atomic E-state index is 0.00809. The third-order valence-electron chi connectivity index (χ3n) is 8.69. The fraction of sp³-hybridized carbons (Fsp3) is 0.394. The van der Waals surface area contributed by atoms with Gasteiger partial charge < -0.3 is 29.2 Å². The molecule has 2 aliphatic rings. The normalized spacial score (nSPS) is 23.3. The fourth-order valence-corrected chi connectivity index (χ4v) is 9.38. The third-order valence-corrected chi connectivity index (χ3v) is 11.2. The number of amides is 2. The number of hydrogen-bond acceptors (Lipinski definition) is 6. The second-order valence-corrected chi connectivity index (χ2v) is 15.8. The number of hydrogen-bond donors (Lipinski definition) is 2. The van der Waals surface area contributed by atoms with E-state index in [2.05, 4.69) is 0 Å². The predicted octanol–water partition coefficient (Wildman–Crippen LogP) is 4.45. The number of ether oxygens (including phenoxy) is 2. The fourth-order valence-electron chi connectivity index (χ4n) is 6.82. The molecule has 0 bridgehead atoms. The Morgan fingerprint density at radius 1 is 1.05 bits per heavy atom. The van der Waals surface area contributed by atoms with E-state index < -0.39 is 31.5 Å². The lowest BCUT2D eigenvalue weighted by atomic mass is 9.82. The molecule has 0 aliphatic carbocycles. The second-order valence-electron chi connectivity index (χ2n) is 11.8. The SMILES string of the molecule is COc1ccc2c(c1)[C@@]1(O[C@H](CC(=O)N(CCO)Cc3ccccc3)[C@@H]([Si](C)(C)O)[C@@H]1C)C(=O)N2Cc1ccccc1. The molecule has 0 saturated carbocycles. The summed E-state index contributed by atoms with van der Waals surface area (Å²) in [5.74, 6) is -0.187. The largest absolute Gasteiger partial charge is 0.497 e.